The summed E-state index contributed by atoms with van der Waals surface area (Å²) in [6.45, 7) is 3.07. The highest BCUT2D eigenvalue weighted by molar-refractivity contribution is 5.79. The third-order valence-electron chi connectivity index (χ3n) is 3.41. The van der Waals surface area contributed by atoms with Gasteiger partial charge in [-0.3, -0.25) is 4.98 Å². The van der Waals surface area contributed by atoms with Crippen LogP contribution in [0.25, 0.3) is 10.9 Å². The topological polar surface area (TPSA) is 50.7 Å². The summed E-state index contributed by atoms with van der Waals surface area (Å²) < 4.78 is 0. The molecule has 2 aromatic heterocycles. The van der Waals surface area contributed by atoms with E-state index in [0.717, 1.165) is 35.3 Å². The second-order valence-electron chi connectivity index (χ2n) is 4.95. The van der Waals surface area contributed by atoms with Gasteiger partial charge in [0.05, 0.1) is 11.6 Å². The lowest BCUT2D eigenvalue weighted by Gasteiger charge is -2.17. The van der Waals surface area contributed by atoms with Crippen LogP contribution in [0, 0.1) is 0 Å². The van der Waals surface area contributed by atoms with Crippen LogP contribution < -0.4 is 5.32 Å². The van der Waals surface area contributed by atoms with E-state index in [1.165, 1.54) is 0 Å². The van der Waals surface area contributed by atoms with Crippen molar-refractivity contribution >= 4 is 10.9 Å². The molecule has 0 aliphatic carbocycles. The summed E-state index contributed by atoms with van der Waals surface area (Å²) >= 11 is 0. The monoisotopic (exact) mass is 278 g/mol. The van der Waals surface area contributed by atoms with Gasteiger partial charge in [0.1, 0.15) is 5.82 Å². The van der Waals surface area contributed by atoms with Gasteiger partial charge in [0.15, 0.2) is 0 Å². The molecule has 0 fully saturated rings. The van der Waals surface area contributed by atoms with Crippen molar-refractivity contribution in [3.8, 4) is 0 Å². The number of hydrogen-bond donors (Lipinski definition) is 1. The fraction of sp³-hybridized carbons (Fsp3) is 0.235. The summed E-state index contributed by atoms with van der Waals surface area (Å²) in [4.78, 5) is 13.2. The lowest BCUT2D eigenvalue weighted by atomic mass is 10.0. The van der Waals surface area contributed by atoms with E-state index in [1.54, 1.807) is 12.4 Å². The van der Waals surface area contributed by atoms with Gasteiger partial charge >= 0.3 is 0 Å². The molecule has 0 aliphatic heterocycles. The van der Waals surface area contributed by atoms with Crippen LogP contribution in [-0.4, -0.2) is 21.5 Å². The largest absolute Gasteiger partial charge is 0.304 e. The maximum absolute atomic E-state index is 4.43. The standard InChI is InChI=1S/C17H18N4/c1-2-8-19-16(17-20-10-4-11-21-17)14-7-6-13-5-3-9-18-15(13)12-14/h3-7,9-12,16,19H,2,8H2,1H3. The van der Waals surface area contributed by atoms with Gasteiger partial charge in [-0.1, -0.05) is 25.1 Å². The van der Waals surface area contributed by atoms with Crippen LogP contribution in [0.15, 0.2) is 55.0 Å². The Hall–Kier alpha value is -2.33. The van der Waals surface area contributed by atoms with E-state index in [-0.39, 0.29) is 6.04 Å². The Kier molecular flexibility index (Phi) is 4.17. The van der Waals surface area contributed by atoms with Gasteiger partial charge in [-0.15, -0.1) is 0 Å². The van der Waals surface area contributed by atoms with Gasteiger partial charge in [-0.25, -0.2) is 9.97 Å². The summed E-state index contributed by atoms with van der Waals surface area (Å²) in [6.07, 6.45) is 6.44. The minimum atomic E-state index is -0.00226. The number of hydrogen-bond acceptors (Lipinski definition) is 4. The minimum Gasteiger partial charge on any atom is -0.304 e. The molecule has 3 aromatic rings. The zero-order chi connectivity index (χ0) is 14.5. The number of nitrogens with zero attached hydrogens (tertiary/aromatic N) is 3. The highest BCUT2D eigenvalue weighted by Crippen LogP contribution is 2.22. The van der Waals surface area contributed by atoms with E-state index in [2.05, 4.69) is 51.5 Å². The number of fused-ring (bicyclic) bond motifs is 1. The third-order valence-corrected chi connectivity index (χ3v) is 3.41. The molecule has 4 nitrogen and oxygen atoms in total. The Morgan fingerprint density at radius 2 is 1.81 bits per heavy atom. The Morgan fingerprint density at radius 3 is 2.62 bits per heavy atom. The second kappa shape index (κ2) is 6.41. The first-order valence-corrected chi connectivity index (χ1v) is 7.23. The molecule has 0 bridgehead atoms. The number of pyridine rings is 1. The zero-order valence-corrected chi connectivity index (χ0v) is 12.0. The highest BCUT2D eigenvalue weighted by Gasteiger charge is 2.16. The first kappa shape index (κ1) is 13.6. The average molecular weight is 278 g/mol. The first-order valence-electron chi connectivity index (χ1n) is 7.23. The van der Waals surface area contributed by atoms with Crippen LogP contribution in [0.5, 0.6) is 0 Å². The van der Waals surface area contributed by atoms with E-state index >= 15 is 0 Å². The molecule has 21 heavy (non-hydrogen) atoms. The smallest absolute Gasteiger partial charge is 0.149 e. The SMILES string of the molecule is CCCNC(c1ccc2cccnc2c1)c1ncccn1. The van der Waals surface area contributed by atoms with E-state index in [4.69, 9.17) is 0 Å². The summed E-state index contributed by atoms with van der Waals surface area (Å²) in [5.74, 6) is 0.793. The maximum atomic E-state index is 4.43. The lowest BCUT2D eigenvalue weighted by molar-refractivity contribution is 0.572. The zero-order valence-electron chi connectivity index (χ0n) is 12.0. The van der Waals surface area contributed by atoms with Crippen LogP contribution in [0.2, 0.25) is 0 Å². The van der Waals surface area contributed by atoms with Gasteiger partial charge in [0, 0.05) is 24.0 Å². The molecule has 1 atom stereocenters. The fourth-order valence-corrected chi connectivity index (χ4v) is 2.37. The van der Waals surface area contributed by atoms with Crippen LogP contribution in [0.1, 0.15) is 30.8 Å². The first-order chi connectivity index (χ1) is 10.4. The Labute approximate surface area is 124 Å². The molecule has 0 aliphatic rings. The second-order valence-corrected chi connectivity index (χ2v) is 4.95. The van der Waals surface area contributed by atoms with Crippen LogP contribution in [-0.2, 0) is 0 Å². The maximum Gasteiger partial charge on any atom is 0.149 e. The highest BCUT2D eigenvalue weighted by atomic mass is 15.0. The quantitative estimate of drug-likeness (QED) is 0.779. The predicted molar refractivity (Wildman–Crippen MR) is 83.9 cm³/mol. The number of rotatable bonds is 5. The van der Waals surface area contributed by atoms with Crippen molar-refractivity contribution in [1.82, 2.24) is 20.3 Å². The van der Waals surface area contributed by atoms with E-state index < -0.39 is 0 Å². The van der Waals surface area contributed by atoms with Crippen molar-refractivity contribution in [2.75, 3.05) is 6.54 Å². The molecule has 0 amide bonds. The molecule has 0 saturated carbocycles. The Balaban J connectivity index is 2.01. The molecule has 106 valence electrons. The molecule has 0 radical (unpaired) electrons. The predicted octanol–water partition coefficient (Wildman–Crippen LogP) is 3.11. The van der Waals surface area contributed by atoms with Crippen molar-refractivity contribution in [1.29, 1.82) is 0 Å². The summed E-state index contributed by atoms with van der Waals surface area (Å²) in [5, 5.41) is 4.66. The Morgan fingerprint density at radius 1 is 1.00 bits per heavy atom. The molecule has 3 rings (SSSR count). The van der Waals surface area contributed by atoms with Gasteiger partial charge in [0.2, 0.25) is 0 Å². The van der Waals surface area contributed by atoms with E-state index in [1.807, 2.05) is 18.3 Å². The van der Waals surface area contributed by atoms with Gasteiger partial charge in [-0.05, 0) is 36.7 Å². The van der Waals surface area contributed by atoms with Gasteiger partial charge < -0.3 is 5.32 Å². The van der Waals surface area contributed by atoms with Crippen molar-refractivity contribution in [2.24, 2.45) is 0 Å². The van der Waals surface area contributed by atoms with Crippen molar-refractivity contribution in [3.63, 3.8) is 0 Å². The molecule has 0 saturated heterocycles. The third kappa shape index (κ3) is 3.06. The molecule has 1 aromatic carbocycles. The lowest BCUT2D eigenvalue weighted by Crippen LogP contribution is -2.25. The number of benzene rings is 1. The van der Waals surface area contributed by atoms with Crippen LogP contribution >= 0.6 is 0 Å². The molecular weight excluding hydrogens is 260 g/mol. The fourth-order valence-electron chi connectivity index (χ4n) is 2.37. The number of nitrogens with one attached hydrogen (secondary N) is 1. The van der Waals surface area contributed by atoms with Gasteiger partial charge in [0.25, 0.3) is 0 Å². The number of aromatic nitrogens is 3. The van der Waals surface area contributed by atoms with Crippen LogP contribution in [0.4, 0.5) is 0 Å². The van der Waals surface area contributed by atoms with Gasteiger partial charge in [-0.2, -0.15) is 0 Å². The molecule has 1 N–H and O–H groups in total. The summed E-state index contributed by atoms with van der Waals surface area (Å²) in [6, 6.07) is 12.2. The molecule has 4 heteroatoms. The van der Waals surface area contributed by atoms with Crippen LogP contribution in [0.3, 0.4) is 0 Å². The Bertz CT molecular complexity index is 712. The van der Waals surface area contributed by atoms with E-state index in [9.17, 15) is 0 Å². The molecule has 1 unspecified atom stereocenters. The minimum absolute atomic E-state index is 0.00226. The normalized spacial score (nSPS) is 12.4. The summed E-state index contributed by atoms with van der Waals surface area (Å²) in [5.41, 5.74) is 2.13. The molecule has 0 spiro atoms. The van der Waals surface area contributed by atoms with Crippen molar-refractivity contribution in [3.05, 3.63) is 66.4 Å². The van der Waals surface area contributed by atoms with Crippen molar-refractivity contribution < 1.29 is 0 Å². The molecule has 2 heterocycles. The summed E-state index contributed by atoms with van der Waals surface area (Å²) in [7, 11) is 0. The average Bonchev–Trinajstić information content (AvgIpc) is 2.56. The van der Waals surface area contributed by atoms with Crippen molar-refractivity contribution in [2.45, 2.75) is 19.4 Å². The molecular formula is C17H18N4. The van der Waals surface area contributed by atoms with E-state index in [0.29, 0.717) is 0 Å².